The third kappa shape index (κ3) is 2.82. The van der Waals surface area contributed by atoms with Gasteiger partial charge in [-0.05, 0) is 48.7 Å². The number of hydrogen-bond acceptors (Lipinski definition) is 4. The van der Waals surface area contributed by atoms with Gasteiger partial charge in [-0.2, -0.15) is 0 Å². The molecule has 0 spiro atoms. The van der Waals surface area contributed by atoms with E-state index in [0.29, 0.717) is 26.6 Å². The number of amides is 1. The summed E-state index contributed by atoms with van der Waals surface area (Å²) in [5.74, 6) is -0.423. The fourth-order valence-electron chi connectivity index (χ4n) is 3.84. The molecule has 1 atom stereocenters. The lowest BCUT2D eigenvalue weighted by molar-refractivity contribution is 0.0691. The van der Waals surface area contributed by atoms with Crippen LogP contribution in [0.5, 0.6) is 0 Å². The predicted molar refractivity (Wildman–Crippen MR) is 108 cm³/mol. The van der Waals surface area contributed by atoms with Gasteiger partial charge in [0.25, 0.3) is 5.91 Å². The predicted octanol–water partition coefficient (Wildman–Crippen LogP) is 4.25. The summed E-state index contributed by atoms with van der Waals surface area (Å²) in [4.78, 5) is 27.8. The fourth-order valence-corrected chi connectivity index (χ4v) is 4.15. The second kappa shape index (κ2) is 6.92. The minimum absolute atomic E-state index is 0.00831. The van der Waals surface area contributed by atoms with Gasteiger partial charge in [-0.1, -0.05) is 35.3 Å². The Kier molecular flexibility index (Phi) is 4.70. The maximum absolute atomic E-state index is 13.4. The van der Waals surface area contributed by atoms with Crippen LogP contribution in [0.15, 0.2) is 39.5 Å². The zero-order valence-electron chi connectivity index (χ0n) is 15.3. The van der Waals surface area contributed by atoms with Crippen molar-refractivity contribution in [1.29, 1.82) is 0 Å². The lowest BCUT2D eigenvalue weighted by atomic mass is 9.97. The second-order valence-corrected chi connectivity index (χ2v) is 7.75. The molecular weight excluding hydrogens is 401 g/mol. The minimum Gasteiger partial charge on any atom is -0.450 e. The normalized spacial score (nSPS) is 16.1. The molecule has 0 aliphatic carbocycles. The Labute approximate surface area is 171 Å². The number of carbonyl (C=O) groups excluding carboxylic acids is 1. The van der Waals surface area contributed by atoms with E-state index in [1.165, 1.54) is 4.90 Å². The molecule has 2 aromatic carbocycles. The quantitative estimate of drug-likeness (QED) is 0.690. The van der Waals surface area contributed by atoms with Crippen molar-refractivity contribution < 1.29 is 14.3 Å². The van der Waals surface area contributed by atoms with E-state index in [4.69, 9.17) is 27.6 Å². The van der Waals surface area contributed by atoms with E-state index in [1.54, 1.807) is 24.3 Å². The molecule has 4 rings (SSSR count). The second-order valence-electron chi connectivity index (χ2n) is 6.93. The number of benzene rings is 2. The van der Waals surface area contributed by atoms with Crippen LogP contribution in [0.2, 0.25) is 10.0 Å². The zero-order chi connectivity index (χ0) is 20.2. The molecule has 1 N–H and O–H groups in total. The maximum atomic E-state index is 13.4. The Morgan fingerprint density at radius 2 is 1.86 bits per heavy atom. The molecule has 28 heavy (non-hydrogen) atoms. The van der Waals surface area contributed by atoms with Crippen molar-refractivity contribution >= 4 is 40.1 Å². The molecular formula is C21H17Cl2NO4. The van der Waals surface area contributed by atoms with Crippen LogP contribution in [-0.2, 0) is 0 Å². The van der Waals surface area contributed by atoms with Gasteiger partial charge in [-0.15, -0.1) is 0 Å². The number of halogens is 2. The van der Waals surface area contributed by atoms with Crippen LogP contribution >= 0.6 is 23.2 Å². The van der Waals surface area contributed by atoms with Gasteiger partial charge in [0.15, 0.2) is 5.43 Å². The number of rotatable bonds is 3. The van der Waals surface area contributed by atoms with Crippen LogP contribution in [-0.4, -0.2) is 29.1 Å². The Bertz CT molecular complexity index is 1190. The van der Waals surface area contributed by atoms with E-state index in [2.05, 4.69) is 0 Å². The smallest absolute Gasteiger partial charge is 0.290 e. The van der Waals surface area contributed by atoms with Gasteiger partial charge >= 0.3 is 0 Å². The number of carbonyl (C=O) groups is 1. The summed E-state index contributed by atoms with van der Waals surface area (Å²) in [6.07, 6.45) is 0. The molecule has 144 valence electrons. The van der Waals surface area contributed by atoms with Gasteiger partial charge in [-0.3, -0.25) is 9.59 Å². The Balaban J connectivity index is 2.04. The summed E-state index contributed by atoms with van der Waals surface area (Å²) in [6.45, 7) is 3.55. The molecule has 0 radical (unpaired) electrons. The van der Waals surface area contributed by atoms with E-state index < -0.39 is 11.9 Å². The number of β-amino-alcohol motifs (C(OH)–C–C–N with tert-alkyl or cyclic N) is 1. The van der Waals surface area contributed by atoms with Crippen LogP contribution in [0.3, 0.4) is 0 Å². The summed E-state index contributed by atoms with van der Waals surface area (Å²) < 4.78 is 5.93. The molecule has 3 aromatic rings. The third-order valence-electron chi connectivity index (χ3n) is 5.00. The van der Waals surface area contributed by atoms with E-state index >= 15 is 0 Å². The van der Waals surface area contributed by atoms with Gasteiger partial charge < -0.3 is 14.4 Å². The van der Waals surface area contributed by atoms with Gasteiger partial charge in [0.05, 0.1) is 33.6 Å². The number of nitrogens with zero attached hydrogens (tertiary/aromatic N) is 1. The van der Waals surface area contributed by atoms with Crippen LogP contribution in [0, 0.1) is 13.8 Å². The molecule has 5 nitrogen and oxygen atoms in total. The highest BCUT2D eigenvalue weighted by atomic mass is 35.5. The number of fused-ring (bicyclic) bond motifs is 2. The first-order chi connectivity index (χ1) is 13.3. The molecule has 7 heteroatoms. The average molecular weight is 418 g/mol. The van der Waals surface area contributed by atoms with Gasteiger partial charge in [0.2, 0.25) is 5.76 Å². The lowest BCUT2D eigenvalue weighted by Gasteiger charge is -2.24. The summed E-state index contributed by atoms with van der Waals surface area (Å²) >= 11 is 12.2. The number of aryl methyl sites for hydroxylation is 2. The Morgan fingerprint density at radius 1 is 1.11 bits per heavy atom. The summed E-state index contributed by atoms with van der Waals surface area (Å²) in [5.41, 5.74) is 2.75. The SMILES string of the molecule is Cc1cc(C)c2oc3c(c(=O)c2c1)[C@@H](c1ccc(Cl)c(Cl)c1)N(CCO)C3=O. The van der Waals surface area contributed by atoms with Crippen LogP contribution in [0.25, 0.3) is 11.0 Å². The van der Waals surface area contributed by atoms with Crippen molar-refractivity contribution in [2.24, 2.45) is 0 Å². The highest BCUT2D eigenvalue weighted by Crippen LogP contribution is 2.39. The van der Waals surface area contributed by atoms with Crippen molar-refractivity contribution in [2.45, 2.75) is 19.9 Å². The number of hydrogen-bond donors (Lipinski definition) is 1. The largest absolute Gasteiger partial charge is 0.450 e. The van der Waals surface area contributed by atoms with E-state index in [0.717, 1.165) is 11.1 Å². The Hall–Kier alpha value is -2.34. The first kappa shape index (κ1) is 19.0. The Morgan fingerprint density at radius 3 is 2.54 bits per heavy atom. The van der Waals surface area contributed by atoms with Gasteiger partial charge in [-0.25, -0.2) is 0 Å². The molecule has 0 saturated heterocycles. The van der Waals surface area contributed by atoms with E-state index in [-0.39, 0.29) is 29.9 Å². The molecule has 2 heterocycles. The maximum Gasteiger partial charge on any atom is 0.290 e. The van der Waals surface area contributed by atoms with Crippen molar-refractivity contribution in [3.8, 4) is 0 Å². The van der Waals surface area contributed by atoms with Gasteiger partial charge in [0.1, 0.15) is 5.58 Å². The molecule has 1 aliphatic rings. The van der Waals surface area contributed by atoms with E-state index in [1.807, 2.05) is 19.9 Å². The van der Waals surface area contributed by atoms with Crippen molar-refractivity contribution in [1.82, 2.24) is 4.90 Å². The van der Waals surface area contributed by atoms with Crippen LogP contribution in [0.1, 0.15) is 38.9 Å². The monoisotopic (exact) mass is 417 g/mol. The molecule has 0 fully saturated rings. The van der Waals surface area contributed by atoms with Gasteiger partial charge in [0, 0.05) is 6.54 Å². The first-order valence-corrected chi connectivity index (χ1v) is 9.53. The summed E-state index contributed by atoms with van der Waals surface area (Å²) in [6, 6.07) is 7.93. The number of aliphatic hydroxyl groups is 1. The average Bonchev–Trinajstić information content (AvgIpc) is 2.92. The molecule has 0 saturated carbocycles. The first-order valence-electron chi connectivity index (χ1n) is 8.78. The summed E-state index contributed by atoms with van der Waals surface area (Å²) in [7, 11) is 0. The standard InChI is InChI=1S/C21H17Cl2NO4/c1-10-7-11(2)19-13(8-10)18(26)16-17(12-3-4-14(22)15(23)9-12)24(5-6-25)21(27)20(16)28-19/h3-4,7-9,17,25H,5-6H2,1-2H3/t17-/m1/s1. The van der Waals surface area contributed by atoms with Crippen LogP contribution in [0.4, 0.5) is 0 Å². The number of aliphatic hydroxyl groups excluding tert-OH is 1. The highest BCUT2D eigenvalue weighted by Gasteiger charge is 2.42. The van der Waals surface area contributed by atoms with Crippen molar-refractivity contribution in [2.75, 3.05) is 13.2 Å². The molecule has 1 aliphatic heterocycles. The molecule has 1 amide bonds. The molecule has 0 bridgehead atoms. The lowest BCUT2D eigenvalue weighted by Crippen LogP contribution is -2.32. The van der Waals surface area contributed by atoms with Crippen LogP contribution < -0.4 is 5.43 Å². The zero-order valence-corrected chi connectivity index (χ0v) is 16.8. The highest BCUT2D eigenvalue weighted by molar-refractivity contribution is 6.42. The fraction of sp³-hybridized carbons (Fsp3) is 0.238. The van der Waals surface area contributed by atoms with Crippen molar-refractivity contribution in [3.05, 3.63) is 78.6 Å². The minimum atomic E-state index is -0.703. The molecule has 0 unspecified atom stereocenters. The van der Waals surface area contributed by atoms with E-state index in [9.17, 15) is 14.7 Å². The molecule has 1 aromatic heterocycles. The topological polar surface area (TPSA) is 70.8 Å². The third-order valence-corrected chi connectivity index (χ3v) is 5.74. The van der Waals surface area contributed by atoms with Crippen molar-refractivity contribution in [3.63, 3.8) is 0 Å². The summed E-state index contributed by atoms with van der Waals surface area (Å²) in [5, 5.41) is 10.6.